The summed E-state index contributed by atoms with van der Waals surface area (Å²) in [4.78, 5) is 20.9. The highest BCUT2D eigenvalue weighted by atomic mass is 35.5. The first kappa shape index (κ1) is 18.3. The van der Waals surface area contributed by atoms with Crippen molar-refractivity contribution >= 4 is 23.8 Å². The third kappa shape index (κ3) is 3.85. The van der Waals surface area contributed by atoms with Gasteiger partial charge in [0.15, 0.2) is 5.82 Å². The van der Waals surface area contributed by atoms with E-state index < -0.39 is 11.6 Å². The number of nitrogens with zero attached hydrogens (tertiary/aromatic N) is 3. The number of likely N-dealkylation sites (tertiary alicyclic amines) is 1. The van der Waals surface area contributed by atoms with Gasteiger partial charge in [-0.2, -0.15) is 0 Å². The van der Waals surface area contributed by atoms with Crippen LogP contribution in [0.4, 0.5) is 14.6 Å². The number of ether oxygens (including phenoxy) is 1. The Morgan fingerprint density at radius 2 is 2.00 bits per heavy atom. The molecule has 0 spiro atoms. The Balaban J connectivity index is 1.75. The number of hydrogen-bond donors (Lipinski definition) is 1. The Bertz CT molecular complexity index is 814. The van der Waals surface area contributed by atoms with Crippen LogP contribution in [0.3, 0.4) is 0 Å². The number of carbonyl (C=O) groups excluding carboxylic acids is 1. The highest BCUT2D eigenvalue weighted by molar-refractivity contribution is 6.31. The van der Waals surface area contributed by atoms with E-state index in [-0.39, 0.29) is 34.8 Å². The highest BCUT2D eigenvalue weighted by Gasteiger charge is 2.22. The molecule has 1 aliphatic heterocycles. The molecule has 1 aromatic heterocycles. The van der Waals surface area contributed by atoms with Crippen LogP contribution in [0.25, 0.3) is 0 Å². The normalized spacial score (nSPS) is 15.1. The average molecular weight is 383 g/mol. The van der Waals surface area contributed by atoms with Gasteiger partial charge in [-0.25, -0.2) is 18.7 Å². The molecule has 138 valence electrons. The summed E-state index contributed by atoms with van der Waals surface area (Å²) in [5.41, 5.74) is 6.35. The van der Waals surface area contributed by atoms with Crippen LogP contribution in [0.2, 0.25) is 5.02 Å². The van der Waals surface area contributed by atoms with E-state index in [0.29, 0.717) is 18.8 Å². The fourth-order valence-corrected chi connectivity index (χ4v) is 3.05. The van der Waals surface area contributed by atoms with Crippen LogP contribution in [0.5, 0.6) is 5.88 Å². The molecule has 1 aromatic carbocycles. The van der Waals surface area contributed by atoms with Crippen LogP contribution in [0, 0.1) is 11.6 Å². The third-order valence-electron chi connectivity index (χ3n) is 4.37. The molecule has 1 amide bonds. The molecular weight excluding hydrogens is 366 g/mol. The molecule has 0 saturated carbocycles. The van der Waals surface area contributed by atoms with Crippen LogP contribution >= 0.6 is 11.6 Å². The summed E-state index contributed by atoms with van der Waals surface area (Å²) in [7, 11) is 0. The Hall–Kier alpha value is -2.48. The lowest BCUT2D eigenvalue weighted by Gasteiger charge is -2.28. The van der Waals surface area contributed by atoms with E-state index in [4.69, 9.17) is 22.1 Å². The monoisotopic (exact) mass is 382 g/mol. The van der Waals surface area contributed by atoms with E-state index in [1.54, 1.807) is 11.1 Å². The van der Waals surface area contributed by atoms with Crippen LogP contribution in [0.1, 0.15) is 30.0 Å². The standard InChI is InChI=1S/C17H17ClF2N4O2/c18-15-11(12(19)1-2-13(15)20)8-26-17-16(21)22-7-14(23-17)10-3-5-24(9-25)6-4-10/h1-2,7,9-10H,3-6,8H2,(H2,21,22). The van der Waals surface area contributed by atoms with Crippen molar-refractivity contribution in [2.75, 3.05) is 18.8 Å². The zero-order chi connectivity index (χ0) is 18.7. The topological polar surface area (TPSA) is 81.3 Å². The third-order valence-corrected chi connectivity index (χ3v) is 4.78. The van der Waals surface area contributed by atoms with Crippen LogP contribution in [-0.4, -0.2) is 34.4 Å². The summed E-state index contributed by atoms with van der Waals surface area (Å²) in [6.45, 7) is 0.954. The zero-order valence-corrected chi connectivity index (χ0v) is 14.5. The van der Waals surface area contributed by atoms with Gasteiger partial charge in [0.25, 0.3) is 5.88 Å². The van der Waals surface area contributed by atoms with Crippen molar-refractivity contribution in [1.82, 2.24) is 14.9 Å². The molecule has 2 N–H and O–H groups in total. The molecule has 1 aliphatic rings. The molecular formula is C17H17ClF2N4O2. The van der Waals surface area contributed by atoms with Crippen LogP contribution in [0.15, 0.2) is 18.3 Å². The van der Waals surface area contributed by atoms with E-state index in [2.05, 4.69) is 9.97 Å². The van der Waals surface area contributed by atoms with E-state index in [9.17, 15) is 13.6 Å². The lowest BCUT2D eigenvalue weighted by atomic mass is 9.94. The summed E-state index contributed by atoms with van der Waals surface area (Å²) in [5.74, 6) is -1.20. The number of amides is 1. The van der Waals surface area contributed by atoms with Crippen molar-refractivity contribution in [1.29, 1.82) is 0 Å². The molecule has 0 aliphatic carbocycles. The van der Waals surface area contributed by atoms with Gasteiger partial charge >= 0.3 is 0 Å². The Labute approximate surface area is 153 Å². The lowest BCUT2D eigenvalue weighted by molar-refractivity contribution is -0.119. The van der Waals surface area contributed by atoms with Gasteiger partial charge < -0.3 is 15.4 Å². The maximum absolute atomic E-state index is 13.8. The molecule has 26 heavy (non-hydrogen) atoms. The number of halogens is 3. The van der Waals surface area contributed by atoms with Gasteiger partial charge in [-0.05, 0) is 25.0 Å². The second kappa shape index (κ2) is 7.82. The highest BCUT2D eigenvalue weighted by Crippen LogP contribution is 2.29. The minimum atomic E-state index is -0.735. The van der Waals surface area contributed by atoms with Crippen molar-refractivity contribution < 1.29 is 18.3 Å². The zero-order valence-electron chi connectivity index (χ0n) is 13.8. The molecule has 0 unspecified atom stereocenters. The van der Waals surface area contributed by atoms with E-state index in [1.807, 2.05) is 0 Å². The van der Waals surface area contributed by atoms with Gasteiger partial charge in [-0.3, -0.25) is 4.79 Å². The first-order chi connectivity index (χ1) is 12.5. The molecule has 0 bridgehead atoms. The van der Waals surface area contributed by atoms with Crippen molar-refractivity contribution in [3.63, 3.8) is 0 Å². The maximum Gasteiger partial charge on any atom is 0.257 e. The predicted molar refractivity (Wildman–Crippen MR) is 91.8 cm³/mol. The Morgan fingerprint density at radius 1 is 1.31 bits per heavy atom. The van der Waals surface area contributed by atoms with Crippen molar-refractivity contribution in [2.24, 2.45) is 0 Å². The molecule has 0 radical (unpaired) electrons. The number of piperidine rings is 1. The molecule has 6 nitrogen and oxygen atoms in total. The predicted octanol–water partition coefficient (Wildman–Crippen LogP) is 2.91. The molecule has 9 heteroatoms. The molecule has 3 rings (SSSR count). The smallest absolute Gasteiger partial charge is 0.257 e. The number of benzene rings is 1. The first-order valence-corrected chi connectivity index (χ1v) is 8.44. The van der Waals surface area contributed by atoms with Gasteiger partial charge in [-0.15, -0.1) is 0 Å². The molecule has 2 heterocycles. The number of nitrogens with two attached hydrogens (primary N) is 1. The average Bonchev–Trinajstić information content (AvgIpc) is 2.66. The fraction of sp³-hybridized carbons (Fsp3) is 0.353. The van der Waals surface area contributed by atoms with E-state index in [0.717, 1.165) is 31.4 Å². The van der Waals surface area contributed by atoms with Crippen LogP contribution < -0.4 is 10.5 Å². The van der Waals surface area contributed by atoms with Gasteiger partial charge in [0.1, 0.15) is 18.2 Å². The lowest BCUT2D eigenvalue weighted by Crippen LogP contribution is -2.32. The van der Waals surface area contributed by atoms with Crippen molar-refractivity contribution in [2.45, 2.75) is 25.4 Å². The molecule has 1 fully saturated rings. The second-order valence-electron chi connectivity index (χ2n) is 6.01. The number of hydrogen-bond acceptors (Lipinski definition) is 5. The summed E-state index contributed by atoms with van der Waals surface area (Å²) in [6, 6.07) is 1.92. The summed E-state index contributed by atoms with van der Waals surface area (Å²) < 4.78 is 32.8. The quantitative estimate of drug-likeness (QED) is 0.635. The summed E-state index contributed by atoms with van der Waals surface area (Å²) in [6.07, 6.45) is 3.90. The number of carbonyl (C=O) groups is 1. The number of anilines is 1. The van der Waals surface area contributed by atoms with Gasteiger partial charge in [0, 0.05) is 24.6 Å². The number of rotatable bonds is 5. The molecule has 0 atom stereocenters. The minimum Gasteiger partial charge on any atom is -0.470 e. The minimum absolute atomic E-state index is 0.0417. The van der Waals surface area contributed by atoms with Gasteiger partial charge in [0.05, 0.1) is 16.9 Å². The fourth-order valence-electron chi connectivity index (χ4n) is 2.84. The maximum atomic E-state index is 13.8. The summed E-state index contributed by atoms with van der Waals surface area (Å²) in [5, 5.41) is -0.339. The largest absolute Gasteiger partial charge is 0.470 e. The van der Waals surface area contributed by atoms with E-state index in [1.165, 1.54) is 0 Å². The number of aromatic nitrogens is 2. The molecule has 2 aromatic rings. The summed E-state index contributed by atoms with van der Waals surface area (Å²) >= 11 is 5.79. The van der Waals surface area contributed by atoms with E-state index >= 15 is 0 Å². The first-order valence-electron chi connectivity index (χ1n) is 8.06. The Morgan fingerprint density at radius 3 is 2.69 bits per heavy atom. The number of nitrogen functional groups attached to an aromatic ring is 1. The van der Waals surface area contributed by atoms with Crippen molar-refractivity contribution in [3.8, 4) is 5.88 Å². The van der Waals surface area contributed by atoms with Crippen LogP contribution in [-0.2, 0) is 11.4 Å². The Kier molecular flexibility index (Phi) is 5.51. The van der Waals surface area contributed by atoms with Crippen molar-refractivity contribution in [3.05, 3.63) is 46.2 Å². The second-order valence-corrected chi connectivity index (χ2v) is 6.39. The molecule has 1 saturated heterocycles. The van der Waals surface area contributed by atoms with Gasteiger partial charge in [-0.1, -0.05) is 11.6 Å². The van der Waals surface area contributed by atoms with Gasteiger partial charge in [0.2, 0.25) is 6.41 Å². The SMILES string of the molecule is Nc1ncc(C2CCN(C=O)CC2)nc1OCc1c(F)ccc(F)c1Cl.